The van der Waals surface area contributed by atoms with Crippen LogP contribution in [0.5, 0.6) is 23.0 Å². The third kappa shape index (κ3) is 4.95. The lowest BCUT2D eigenvalue weighted by Gasteiger charge is -2.17. The third-order valence-corrected chi connectivity index (χ3v) is 9.47. The zero-order valence-electron chi connectivity index (χ0n) is 25.6. The molecular formula is C43H32O4. The quantitative estimate of drug-likeness (QED) is 0.151. The SMILES string of the molecule is Oc1c(Cc2cc(Cc3cc(Cc4ccc5ccccc5c4O)c4ccccc4c3O)c(O)c3ccccc23)ccc2ccccc12. The lowest BCUT2D eigenvalue weighted by atomic mass is 9.89. The van der Waals surface area contributed by atoms with Crippen LogP contribution in [0.4, 0.5) is 0 Å². The largest absolute Gasteiger partial charge is 0.507 e. The van der Waals surface area contributed by atoms with Gasteiger partial charge in [0, 0.05) is 40.8 Å². The Morgan fingerprint density at radius 3 is 1.02 bits per heavy atom. The summed E-state index contributed by atoms with van der Waals surface area (Å²) in [5.41, 5.74) is 4.92. The van der Waals surface area contributed by atoms with Gasteiger partial charge in [-0.25, -0.2) is 0 Å². The van der Waals surface area contributed by atoms with Crippen molar-refractivity contribution in [3.63, 3.8) is 0 Å². The number of phenolic OH excluding ortho intramolecular Hbond substituents is 4. The van der Waals surface area contributed by atoms with Crippen molar-refractivity contribution in [2.24, 2.45) is 0 Å². The zero-order chi connectivity index (χ0) is 32.1. The summed E-state index contributed by atoms with van der Waals surface area (Å²) in [5, 5.41) is 52.4. The van der Waals surface area contributed by atoms with E-state index in [4.69, 9.17) is 0 Å². The summed E-state index contributed by atoms with van der Waals surface area (Å²) >= 11 is 0. The molecule has 8 aromatic rings. The van der Waals surface area contributed by atoms with Gasteiger partial charge in [0.1, 0.15) is 23.0 Å². The summed E-state index contributed by atoms with van der Waals surface area (Å²) in [6.07, 6.45) is 1.24. The summed E-state index contributed by atoms with van der Waals surface area (Å²) in [6, 6.07) is 43.1. The van der Waals surface area contributed by atoms with Crippen LogP contribution in [0, 0.1) is 0 Å². The van der Waals surface area contributed by atoms with E-state index in [-0.39, 0.29) is 23.0 Å². The van der Waals surface area contributed by atoms with Crippen LogP contribution in [0.2, 0.25) is 0 Å². The van der Waals surface area contributed by atoms with Gasteiger partial charge < -0.3 is 20.4 Å². The van der Waals surface area contributed by atoms with Crippen molar-refractivity contribution in [1.29, 1.82) is 0 Å². The molecule has 47 heavy (non-hydrogen) atoms. The molecular weight excluding hydrogens is 580 g/mol. The van der Waals surface area contributed by atoms with Gasteiger partial charge in [0.2, 0.25) is 0 Å². The van der Waals surface area contributed by atoms with Gasteiger partial charge in [0.25, 0.3) is 0 Å². The molecule has 0 heterocycles. The first-order valence-electron chi connectivity index (χ1n) is 15.8. The molecule has 0 fully saturated rings. The van der Waals surface area contributed by atoms with E-state index in [0.717, 1.165) is 65.3 Å². The van der Waals surface area contributed by atoms with Crippen LogP contribution < -0.4 is 0 Å². The Labute approximate surface area is 272 Å². The van der Waals surface area contributed by atoms with Gasteiger partial charge in [-0.15, -0.1) is 0 Å². The fourth-order valence-corrected chi connectivity index (χ4v) is 7.06. The Hall–Kier alpha value is -6.00. The summed E-state index contributed by atoms with van der Waals surface area (Å²) < 4.78 is 0. The van der Waals surface area contributed by atoms with E-state index in [9.17, 15) is 20.4 Å². The molecule has 4 heteroatoms. The number of fused-ring (bicyclic) bond motifs is 4. The minimum atomic E-state index is 0.174. The minimum absolute atomic E-state index is 0.174. The summed E-state index contributed by atoms with van der Waals surface area (Å²) in [5.74, 6) is 0.868. The van der Waals surface area contributed by atoms with Crippen LogP contribution in [-0.4, -0.2) is 20.4 Å². The molecule has 0 bridgehead atoms. The van der Waals surface area contributed by atoms with Gasteiger partial charge in [-0.2, -0.15) is 0 Å². The lowest BCUT2D eigenvalue weighted by molar-refractivity contribution is 0.469. The second-order valence-electron chi connectivity index (χ2n) is 12.3. The maximum Gasteiger partial charge on any atom is 0.126 e. The van der Waals surface area contributed by atoms with E-state index >= 15 is 0 Å². The number of hydrogen-bond acceptors (Lipinski definition) is 4. The highest BCUT2D eigenvalue weighted by molar-refractivity contribution is 5.95. The molecule has 0 aliphatic rings. The number of hydrogen-bond donors (Lipinski definition) is 4. The Morgan fingerprint density at radius 2 is 0.596 bits per heavy atom. The van der Waals surface area contributed by atoms with E-state index in [1.807, 2.05) is 133 Å². The Balaban J connectivity index is 1.23. The highest BCUT2D eigenvalue weighted by Gasteiger charge is 2.19. The highest BCUT2D eigenvalue weighted by Crippen LogP contribution is 2.40. The van der Waals surface area contributed by atoms with Gasteiger partial charge in [0.05, 0.1) is 0 Å². The molecule has 4 N–H and O–H groups in total. The molecule has 0 saturated carbocycles. The topological polar surface area (TPSA) is 80.9 Å². The highest BCUT2D eigenvalue weighted by atomic mass is 16.3. The molecule has 0 saturated heterocycles. The molecule has 0 spiro atoms. The van der Waals surface area contributed by atoms with E-state index in [1.165, 1.54) is 0 Å². The summed E-state index contributed by atoms with van der Waals surface area (Å²) in [6.45, 7) is 0. The smallest absolute Gasteiger partial charge is 0.126 e. The van der Waals surface area contributed by atoms with Crippen molar-refractivity contribution in [3.8, 4) is 23.0 Å². The standard InChI is InChI=1S/C43H32O4/c44-40-28(19-17-26-9-1-3-13-36(26)40)21-30-23-32(42(46)38-15-7-5-11-34(30)38)25-33-24-31(35-12-6-8-16-39(35)43(33)47)22-29-20-18-27-10-2-4-14-37(27)41(29)45/h1-20,23-24,44-47H,21-22,25H2. The zero-order valence-corrected chi connectivity index (χ0v) is 25.6. The molecule has 0 unspecified atom stereocenters. The van der Waals surface area contributed by atoms with Crippen molar-refractivity contribution in [1.82, 2.24) is 0 Å². The molecule has 0 aliphatic carbocycles. The average Bonchev–Trinajstić information content (AvgIpc) is 3.11. The predicted molar refractivity (Wildman–Crippen MR) is 191 cm³/mol. The number of rotatable bonds is 6. The predicted octanol–water partition coefficient (Wildman–Crippen LogP) is 9.89. The fraction of sp³-hybridized carbons (Fsp3) is 0.0698. The first-order chi connectivity index (χ1) is 23.0. The lowest BCUT2D eigenvalue weighted by Crippen LogP contribution is -1.99. The van der Waals surface area contributed by atoms with Crippen LogP contribution in [0.1, 0.15) is 33.4 Å². The maximum absolute atomic E-state index is 11.6. The average molecular weight is 613 g/mol. The van der Waals surface area contributed by atoms with Crippen molar-refractivity contribution < 1.29 is 20.4 Å². The third-order valence-electron chi connectivity index (χ3n) is 9.47. The van der Waals surface area contributed by atoms with Crippen LogP contribution in [-0.2, 0) is 19.3 Å². The van der Waals surface area contributed by atoms with Crippen LogP contribution in [0.25, 0.3) is 43.1 Å². The van der Waals surface area contributed by atoms with Crippen LogP contribution in [0.15, 0.2) is 133 Å². The van der Waals surface area contributed by atoms with E-state index in [0.29, 0.717) is 30.4 Å². The molecule has 0 radical (unpaired) electrons. The first-order valence-corrected chi connectivity index (χ1v) is 15.8. The van der Waals surface area contributed by atoms with Gasteiger partial charge in [0.15, 0.2) is 0 Å². The van der Waals surface area contributed by atoms with Gasteiger partial charge >= 0.3 is 0 Å². The number of phenols is 4. The molecule has 0 amide bonds. The monoisotopic (exact) mass is 612 g/mol. The molecule has 228 valence electrons. The normalized spacial score (nSPS) is 11.6. The molecule has 8 rings (SSSR count). The first kappa shape index (κ1) is 28.5. The van der Waals surface area contributed by atoms with Crippen LogP contribution in [0.3, 0.4) is 0 Å². The minimum Gasteiger partial charge on any atom is -0.507 e. The summed E-state index contributed by atoms with van der Waals surface area (Å²) in [4.78, 5) is 0. The number of aromatic hydroxyl groups is 4. The maximum atomic E-state index is 11.6. The van der Waals surface area contributed by atoms with Crippen molar-refractivity contribution in [2.75, 3.05) is 0 Å². The Morgan fingerprint density at radius 1 is 0.277 bits per heavy atom. The van der Waals surface area contributed by atoms with Gasteiger partial charge in [-0.3, -0.25) is 0 Å². The molecule has 0 atom stereocenters. The van der Waals surface area contributed by atoms with E-state index in [1.54, 1.807) is 0 Å². The number of benzene rings is 8. The van der Waals surface area contributed by atoms with E-state index in [2.05, 4.69) is 0 Å². The fourth-order valence-electron chi connectivity index (χ4n) is 7.06. The molecule has 0 aromatic heterocycles. The van der Waals surface area contributed by atoms with Crippen molar-refractivity contribution in [3.05, 3.63) is 167 Å². The Bertz CT molecular complexity index is 2320. The van der Waals surface area contributed by atoms with Gasteiger partial charge in [-0.1, -0.05) is 133 Å². The molecule has 8 aromatic carbocycles. The Kier molecular flexibility index (Phi) is 6.92. The second-order valence-corrected chi connectivity index (χ2v) is 12.3. The van der Waals surface area contributed by atoms with Crippen molar-refractivity contribution in [2.45, 2.75) is 19.3 Å². The van der Waals surface area contributed by atoms with Crippen LogP contribution >= 0.6 is 0 Å². The molecule has 0 aliphatic heterocycles. The second kappa shape index (κ2) is 11.4. The molecule has 4 nitrogen and oxygen atoms in total. The van der Waals surface area contributed by atoms with Gasteiger partial charge in [-0.05, 0) is 54.9 Å². The van der Waals surface area contributed by atoms with E-state index < -0.39 is 0 Å². The van der Waals surface area contributed by atoms with Crippen molar-refractivity contribution >= 4 is 43.1 Å². The summed E-state index contributed by atoms with van der Waals surface area (Å²) in [7, 11) is 0.